The fraction of sp³-hybridized carbons (Fsp3) is 0.190. The van der Waals surface area contributed by atoms with Crippen molar-refractivity contribution in [3.8, 4) is 23.3 Å². The molecule has 1 aliphatic rings. The van der Waals surface area contributed by atoms with Crippen LogP contribution in [0.1, 0.15) is 22.6 Å². The van der Waals surface area contributed by atoms with Crippen LogP contribution in [0.4, 0.5) is 5.69 Å². The minimum atomic E-state index is -0.410. The molecule has 6 nitrogen and oxygen atoms in total. The van der Waals surface area contributed by atoms with Crippen LogP contribution in [0.25, 0.3) is 6.08 Å². The van der Waals surface area contributed by atoms with E-state index in [1.54, 1.807) is 26.4 Å². The molecule has 138 valence electrons. The third-order valence-corrected chi connectivity index (χ3v) is 4.60. The van der Waals surface area contributed by atoms with E-state index in [1.807, 2.05) is 31.3 Å². The Balaban J connectivity index is 2.30. The summed E-state index contributed by atoms with van der Waals surface area (Å²) >= 11 is 0. The number of nitrogens with zero attached hydrogens (tertiary/aromatic N) is 1. The first-order chi connectivity index (χ1) is 13.1. The van der Waals surface area contributed by atoms with Crippen LogP contribution in [0.3, 0.4) is 0 Å². The number of allylic oxidation sites excluding steroid dienone is 1. The van der Waals surface area contributed by atoms with Crippen molar-refractivity contribution in [3.05, 3.63) is 65.1 Å². The summed E-state index contributed by atoms with van der Waals surface area (Å²) in [5.41, 5.74) is 9.74. The standard InChI is InChI=1S/C21H21N3O3/c1-5-15-18(24-2)7-6-16-19(17(11-22)21(23)27-20(15)16)12-8-13(25-3)10-14(9-12)26-4/h5-10,19,24H,1,23H2,2-4H3. The van der Waals surface area contributed by atoms with E-state index in [9.17, 15) is 5.26 Å². The molecule has 0 amide bonds. The highest BCUT2D eigenvalue weighted by Gasteiger charge is 2.33. The predicted octanol–water partition coefficient (Wildman–Crippen LogP) is 3.61. The van der Waals surface area contributed by atoms with Gasteiger partial charge in [0, 0.05) is 29.9 Å². The second-order valence-electron chi connectivity index (χ2n) is 5.97. The van der Waals surface area contributed by atoms with E-state index in [1.165, 1.54) is 0 Å². The maximum Gasteiger partial charge on any atom is 0.205 e. The van der Waals surface area contributed by atoms with Gasteiger partial charge in [-0.3, -0.25) is 0 Å². The fourth-order valence-electron chi connectivity index (χ4n) is 3.30. The molecule has 3 N–H and O–H groups in total. The van der Waals surface area contributed by atoms with Gasteiger partial charge in [-0.25, -0.2) is 0 Å². The number of rotatable bonds is 5. The largest absolute Gasteiger partial charge is 0.497 e. The molecule has 6 heteroatoms. The first-order valence-corrected chi connectivity index (χ1v) is 8.35. The third-order valence-electron chi connectivity index (χ3n) is 4.60. The van der Waals surface area contributed by atoms with Crippen molar-refractivity contribution in [1.82, 2.24) is 0 Å². The van der Waals surface area contributed by atoms with Crippen LogP contribution in [0.15, 0.2) is 48.4 Å². The normalized spacial score (nSPS) is 15.3. The zero-order valence-corrected chi connectivity index (χ0v) is 15.5. The van der Waals surface area contributed by atoms with Gasteiger partial charge in [0.1, 0.15) is 28.9 Å². The fourth-order valence-corrected chi connectivity index (χ4v) is 3.30. The van der Waals surface area contributed by atoms with E-state index >= 15 is 0 Å². The number of methoxy groups -OCH3 is 2. The first-order valence-electron chi connectivity index (χ1n) is 8.35. The van der Waals surface area contributed by atoms with Gasteiger partial charge < -0.3 is 25.3 Å². The summed E-state index contributed by atoms with van der Waals surface area (Å²) in [7, 11) is 4.99. The third kappa shape index (κ3) is 3.04. The molecule has 0 bridgehead atoms. The average molecular weight is 363 g/mol. The molecule has 0 saturated heterocycles. The average Bonchev–Trinajstić information content (AvgIpc) is 2.71. The van der Waals surface area contributed by atoms with Crippen LogP contribution in [0, 0.1) is 11.3 Å². The Hall–Kier alpha value is -3.59. The van der Waals surface area contributed by atoms with Crippen molar-refractivity contribution >= 4 is 11.8 Å². The molecule has 1 heterocycles. The van der Waals surface area contributed by atoms with Gasteiger partial charge in [0.25, 0.3) is 0 Å². The number of benzene rings is 2. The number of hydrogen-bond acceptors (Lipinski definition) is 6. The topological polar surface area (TPSA) is 89.5 Å². The van der Waals surface area contributed by atoms with Crippen molar-refractivity contribution in [3.63, 3.8) is 0 Å². The number of hydrogen-bond donors (Lipinski definition) is 2. The van der Waals surface area contributed by atoms with Crippen LogP contribution in [0.2, 0.25) is 0 Å². The lowest BCUT2D eigenvalue weighted by molar-refractivity contribution is 0.387. The Kier molecular flexibility index (Phi) is 4.95. The molecule has 0 saturated carbocycles. The van der Waals surface area contributed by atoms with Crippen LogP contribution < -0.4 is 25.3 Å². The van der Waals surface area contributed by atoms with Crippen molar-refractivity contribution < 1.29 is 14.2 Å². The lowest BCUT2D eigenvalue weighted by atomic mass is 9.82. The van der Waals surface area contributed by atoms with Gasteiger partial charge in [-0.1, -0.05) is 18.7 Å². The van der Waals surface area contributed by atoms with Gasteiger partial charge in [-0.05, 0) is 23.8 Å². The van der Waals surface area contributed by atoms with Crippen LogP contribution >= 0.6 is 0 Å². The number of nitrogens with one attached hydrogen (secondary N) is 1. The van der Waals surface area contributed by atoms with E-state index in [0.29, 0.717) is 22.8 Å². The summed E-state index contributed by atoms with van der Waals surface area (Å²) in [6.45, 7) is 3.88. The monoisotopic (exact) mass is 363 g/mol. The lowest BCUT2D eigenvalue weighted by Gasteiger charge is -2.29. The van der Waals surface area contributed by atoms with Crippen molar-refractivity contribution in [2.45, 2.75) is 5.92 Å². The van der Waals surface area contributed by atoms with Crippen molar-refractivity contribution in [1.29, 1.82) is 5.26 Å². The second-order valence-corrected chi connectivity index (χ2v) is 5.97. The highest BCUT2D eigenvalue weighted by Crippen LogP contribution is 2.47. The molecule has 1 unspecified atom stereocenters. The van der Waals surface area contributed by atoms with E-state index in [0.717, 1.165) is 22.4 Å². The van der Waals surface area contributed by atoms with Crippen LogP contribution in [0.5, 0.6) is 17.2 Å². The Morgan fingerprint density at radius 2 is 1.89 bits per heavy atom. The van der Waals surface area contributed by atoms with Gasteiger partial charge in [0.05, 0.1) is 20.1 Å². The van der Waals surface area contributed by atoms with Crippen LogP contribution in [-0.2, 0) is 0 Å². The molecule has 0 aromatic heterocycles. The number of nitriles is 1. The summed E-state index contributed by atoms with van der Waals surface area (Å²) in [6, 6.07) is 11.6. The molecule has 1 aliphatic heterocycles. The number of fused-ring (bicyclic) bond motifs is 1. The zero-order valence-electron chi connectivity index (χ0n) is 15.5. The Labute approximate surface area is 158 Å². The van der Waals surface area contributed by atoms with Gasteiger partial charge in [-0.15, -0.1) is 0 Å². The lowest BCUT2D eigenvalue weighted by Crippen LogP contribution is -2.22. The van der Waals surface area contributed by atoms with Crippen molar-refractivity contribution in [2.24, 2.45) is 5.73 Å². The quantitative estimate of drug-likeness (QED) is 0.843. The maximum atomic E-state index is 9.74. The highest BCUT2D eigenvalue weighted by molar-refractivity contribution is 5.75. The molecular weight excluding hydrogens is 342 g/mol. The molecule has 2 aromatic carbocycles. The smallest absolute Gasteiger partial charge is 0.205 e. The minimum Gasteiger partial charge on any atom is -0.497 e. The number of anilines is 1. The first kappa shape index (κ1) is 18.2. The Morgan fingerprint density at radius 1 is 1.22 bits per heavy atom. The van der Waals surface area contributed by atoms with Gasteiger partial charge in [0.2, 0.25) is 5.88 Å². The molecule has 1 atom stereocenters. The van der Waals surface area contributed by atoms with Crippen molar-refractivity contribution in [2.75, 3.05) is 26.6 Å². The number of ether oxygens (including phenoxy) is 3. The second kappa shape index (κ2) is 7.34. The van der Waals surface area contributed by atoms with E-state index in [4.69, 9.17) is 19.9 Å². The molecule has 2 aromatic rings. The summed E-state index contributed by atoms with van der Waals surface area (Å²) in [6.07, 6.45) is 1.71. The Bertz CT molecular complexity index is 951. The summed E-state index contributed by atoms with van der Waals surface area (Å²) in [4.78, 5) is 0. The molecule has 27 heavy (non-hydrogen) atoms. The minimum absolute atomic E-state index is 0.0770. The maximum absolute atomic E-state index is 9.74. The van der Waals surface area contributed by atoms with E-state index in [2.05, 4.69) is 18.0 Å². The Morgan fingerprint density at radius 3 is 2.41 bits per heavy atom. The highest BCUT2D eigenvalue weighted by atomic mass is 16.5. The predicted molar refractivity (Wildman–Crippen MR) is 105 cm³/mol. The van der Waals surface area contributed by atoms with Gasteiger partial charge >= 0.3 is 0 Å². The van der Waals surface area contributed by atoms with Gasteiger partial charge in [0.15, 0.2) is 0 Å². The molecule has 0 radical (unpaired) electrons. The van der Waals surface area contributed by atoms with E-state index in [-0.39, 0.29) is 5.88 Å². The molecular formula is C21H21N3O3. The summed E-state index contributed by atoms with van der Waals surface area (Å²) in [5.74, 6) is 1.51. The molecule has 0 fully saturated rings. The van der Waals surface area contributed by atoms with Gasteiger partial charge in [-0.2, -0.15) is 5.26 Å². The zero-order chi connectivity index (χ0) is 19.6. The molecule has 0 aliphatic carbocycles. The van der Waals surface area contributed by atoms with Crippen LogP contribution in [-0.4, -0.2) is 21.3 Å². The molecule has 3 rings (SSSR count). The molecule has 0 spiro atoms. The SMILES string of the molecule is C=Cc1c(NC)ccc2c1OC(N)=C(C#N)C2c1cc(OC)cc(OC)c1. The summed E-state index contributed by atoms with van der Waals surface area (Å²) in [5, 5.41) is 12.9. The number of nitrogens with two attached hydrogens (primary N) is 1. The summed E-state index contributed by atoms with van der Waals surface area (Å²) < 4.78 is 16.6. The van der Waals surface area contributed by atoms with E-state index < -0.39 is 5.92 Å².